The number of phenolic OH excluding ortho intramolecular Hbond substituents is 2. The fourth-order valence-corrected chi connectivity index (χ4v) is 5.40. The number of rotatable bonds is 3. The second-order valence-corrected chi connectivity index (χ2v) is 8.88. The molecule has 0 saturated carbocycles. The number of nitrogens with zero attached hydrogens (tertiary/aromatic N) is 2. The first-order valence-corrected chi connectivity index (χ1v) is 9.26. The summed E-state index contributed by atoms with van der Waals surface area (Å²) in [5, 5.41) is 19.6. The van der Waals surface area contributed by atoms with E-state index in [2.05, 4.69) is 37.5 Å². The SMILES string of the molecule is CC(C)C12CN3CC(C(C)C)(CN(C1)C3c1ccc(O)c(O)c1)C2=O. The molecule has 5 nitrogen and oxygen atoms in total. The van der Waals surface area contributed by atoms with Crippen LogP contribution in [0.5, 0.6) is 11.5 Å². The molecule has 0 unspecified atom stereocenters. The summed E-state index contributed by atoms with van der Waals surface area (Å²) in [6.07, 6.45) is 0.0679. The summed E-state index contributed by atoms with van der Waals surface area (Å²) in [7, 11) is 0. The van der Waals surface area contributed by atoms with Crippen LogP contribution in [0.4, 0.5) is 0 Å². The summed E-state index contributed by atoms with van der Waals surface area (Å²) in [5.41, 5.74) is 0.395. The van der Waals surface area contributed by atoms with Gasteiger partial charge < -0.3 is 10.2 Å². The smallest absolute Gasteiger partial charge is 0.157 e. The Bertz CT molecular complexity index is 682. The van der Waals surface area contributed by atoms with E-state index >= 15 is 0 Å². The van der Waals surface area contributed by atoms with Crippen molar-refractivity contribution in [1.82, 2.24) is 9.80 Å². The molecule has 0 aromatic heterocycles. The molecular formula is C20H28N2O3. The van der Waals surface area contributed by atoms with E-state index in [1.165, 1.54) is 0 Å². The Morgan fingerprint density at radius 3 is 1.80 bits per heavy atom. The van der Waals surface area contributed by atoms with Crippen LogP contribution in [-0.2, 0) is 4.79 Å². The molecule has 1 aromatic carbocycles. The number of hydrogen-bond donors (Lipinski definition) is 2. The summed E-state index contributed by atoms with van der Waals surface area (Å²) in [6, 6.07) is 5.10. The average Bonchev–Trinajstić information content (AvgIpc) is 2.53. The molecule has 0 atom stereocenters. The summed E-state index contributed by atoms with van der Waals surface area (Å²) < 4.78 is 0. The average molecular weight is 344 g/mol. The lowest BCUT2D eigenvalue weighted by atomic mass is 9.53. The summed E-state index contributed by atoms with van der Waals surface area (Å²) >= 11 is 0. The van der Waals surface area contributed by atoms with Gasteiger partial charge in [0.25, 0.3) is 0 Å². The van der Waals surface area contributed by atoms with Crippen LogP contribution in [0.15, 0.2) is 18.2 Å². The van der Waals surface area contributed by atoms with Gasteiger partial charge in [-0.15, -0.1) is 0 Å². The number of ketones is 1. The van der Waals surface area contributed by atoms with Crippen molar-refractivity contribution in [2.24, 2.45) is 22.7 Å². The molecule has 4 bridgehead atoms. The Morgan fingerprint density at radius 1 is 0.920 bits per heavy atom. The third-order valence-electron chi connectivity index (χ3n) is 7.05. The molecule has 136 valence electrons. The number of benzene rings is 1. The van der Waals surface area contributed by atoms with E-state index in [4.69, 9.17) is 0 Å². The maximum Gasteiger partial charge on any atom is 0.157 e. The van der Waals surface area contributed by atoms with Crippen LogP contribution in [0.3, 0.4) is 0 Å². The summed E-state index contributed by atoms with van der Waals surface area (Å²) in [4.78, 5) is 18.3. The Morgan fingerprint density at radius 2 is 1.40 bits per heavy atom. The topological polar surface area (TPSA) is 64.0 Å². The second kappa shape index (κ2) is 5.21. The zero-order valence-corrected chi connectivity index (χ0v) is 15.5. The van der Waals surface area contributed by atoms with Gasteiger partial charge in [-0.1, -0.05) is 33.8 Å². The minimum Gasteiger partial charge on any atom is -0.504 e. The van der Waals surface area contributed by atoms with Crippen LogP contribution < -0.4 is 0 Å². The first kappa shape index (κ1) is 16.9. The van der Waals surface area contributed by atoms with Crippen molar-refractivity contribution in [3.8, 4) is 11.5 Å². The van der Waals surface area contributed by atoms with Gasteiger partial charge >= 0.3 is 0 Å². The van der Waals surface area contributed by atoms with E-state index in [1.807, 2.05) is 6.07 Å². The first-order valence-electron chi connectivity index (χ1n) is 9.26. The summed E-state index contributed by atoms with van der Waals surface area (Å²) in [6.45, 7) is 11.8. The highest BCUT2D eigenvalue weighted by Gasteiger charge is 2.67. The quantitative estimate of drug-likeness (QED) is 0.825. The van der Waals surface area contributed by atoms with Gasteiger partial charge in [0.1, 0.15) is 0 Å². The third kappa shape index (κ3) is 2.05. The molecule has 4 aliphatic rings. The Labute approximate surface area is 149 Å². The van der Waals surface area contributed by atoms with Crippen LogP contribution in [-0.4, -0.2) is 52.0 Å². The maximum atomic E-state index is 13.5. The number of carbonyl (C=O) groups excluding carboxylic acids is 1. The zero-order valence-electron chi connectivity index (χ0n) is 15.5. The van der Waals surface area contributed by atoms with Crippen molar-refractivity contribution in [3.63, 3.8) is 0 Å². The molecule has 4 saturated heterocycles. The minimum absolute atomic E-state index is 0.0679. The molecule has 0 radical (unpaired) electrons. The van der Waals surface area contributed by atoms with Crippen LogP contribution in [0.25, 0.3) is 0 Å². The molecule has 4 heterocycles. The predicted octanol–water partition coefficient (Wildman–Crippen LogP) is 2.60. The van der Waals surface area contributed by atoms with Crippen molar-refractivity contribution < 1.29 is 15.0 Å². The van der Waals surface area contributed by atoms with Crippen molar-refractivity contribution in [2.75, 3.05) is 26.2 Å². The number of Topliss-reactive ketones (excluding diaryl/α,β-unsaturated/α-hetero) is 1. The van der Waals surface area contributed by atoms with E-state index in [9.17, 15) is 15.0 Å². The van der Waals surface area contributed by atoms with Crippen LogP contribution >= 0.6 is 0 Å². The minimum atomic E-state index is -0.295. The molecule has 0 aliphatic carbocycles. The van der Waals surface area contributed by atoms with Gasteiger partial charge in [-0.25, -0.2) is 0 Å². The van der Waals surface area contributed by atoms with E-state index in [-0.39, 0.29) is 28.5 Å². The monoisotopic (exact) mass is 344 g/mol. The third-order valence-corrected chi connectivity index (χ3v) is 7.05. The van der Waals surface area contributed by atoms with Crippen LogP contribution in [0, 0.1) is 22.7 Å². The largest absolute Gasteiger partial charge is 0.504 e. The Hall–Kier alpha value is -1.59. The maximum absolute atomic E-state index is 13.5. The van der Waals surface area contributed by atoms with Crippen molar-refractivity contribution in [2.45, 2.75) is 33.9 Å². The molecule has 2 N–H and O–H groups in total. The van der Waals surface area contributed by atoms with Crippen molar-refractivity contribution >= 4 is 5.78 Å². The molecule has 5 heteroatoms. The van der Waals surface area contributed by atoms with E-state index in [0.29, 0.717) is 17.6 Å². The fraction of sp³-hybridized carbons (Fsp3) is 0.650. The van der Waals surface area contributed by atoms with Gasteiger partial charge in [0.15, 0.2) is 17.3 Å². The van der Waals surface area contributed by atoms with Gasteiger partial charge in [-0.3, -0.25) is 14.6 Å². The van der Waals surface area contributed by atoms with Gasteiger partial charge in [-0.05, 0) is 29.5 Å². The normalized spacial score (nSPS) is 39.6. The lowest BCUT2D eigenvalue weighted by Gasteiger charge is -2.68. The molecule has 1 aromatic rings. The van der Waals surface area contributed by atoms with Crippen molar-refractivity contribution in [1.29, 1.82) is 0 Å². The fourth-order valence-electron chi connectivity index (χ4n) is 5.40. The lowest BCUT2D eigenvalue weighted by molar-refractivity contribution is -0.217. The first-order chi connectivity index (χ1) is 11.7. The molecular weight excluding hydrogens is 316 g/mol. The highest BCUT2D eigenvalue weighted by molar-refractivity contribution is 5.94. The number of hydrogen-bond acceptors (Lipinski definition) is 5. The molecule has 4 aliphatic heterocycles. The number of phenols is 2. The number of carbonyl (C=O) groups is 1. The standard InChI is InChI=1S/C20H28N2O3/c1-12(2)19-8-21-10-20(13(3)4,18(19)25)11-22(9-19)17(21)14-5-6-15(23)16(24)7-14/h5-7,12-13,17,23-24H,8-11H2,1-4H3. The molecule has 25 heavy (non-hydrogen) atoms. The molecule has 0 amide bonds. The van der Waals surface area contributed by atoms with Gasteiger partial charge in [0, 0.05) is 26.2 Å². The zero-order chi connectivity index (χ0) is 18.1. The Kier molecular flexibility index (Phi) is 3.51. The number of piperidine rings is 2. The second-order valence-electron chi connectivity index (χ2n) is 8.88. The summed E-state index contributed by atoms with van der Waals surface area (Å²) in [5.74, 6) is 0.896. The van der Waals surface area contributed by atoms with E-state index < -0.39 is 0 Å². The van der Waals surface area contributed by atoms with Crippen molar-refractivity contribution in [3.05, 3.63) is 23.8 Å². The van der Waals surface area contributed by atoms with Gasteiger partial charge in [-0.2, -0.15) is 0 Å². The van der Waals surface area contributed by atoms with Gasteiger partial charge in [0.2, 0.25) is 0 Å². The lowest BCUT2D eigenvalue weighted by Crippen LogP contribution is -2.78. The number of aromatic hydroxyl groups is 2. The highest BCUT2D eigenvalue weighted by Crippen LogP contribution is 2.57. The van der Waals surface area contributed by atoms with Crippen LogP contribution in [0.1, 0.15) is 39.4 Å². The molecule has 5 rings (SSSR count). The van der Waals surface area contributed by atoms with E-state index in [1.54, 1.807) is 12.1 Å². The Balaban J connectivity index is 1.79. The highest BCUT2D eigenvalue weighted by atomic mass is 16.3. The van der Waals surface area contributed by atoms with E-state index in [0.717, 1.165) is 31.7 Å². The molecule has 4 fully saturated rings. The van der Waals surface area contributed by atoms with Crippen LogP contribution in [0.2, 0.25) is 0 Å². The molecule has 0 spiro atoms. The van der Waals surface area contributed by atoms with Gasteiger partial charge in [0.05, 0.1) is 17.0 Å². The predicted molar refractivity (Wildman–Crippen MR) is 95.2 cm³/mol.